The number of aliphatic hydroxyl groups is 8. The second-order valence-electron chi connectivity index (χ2n) is 10.5. The van der Waals surface area contributed by atoms with Crippen LogP contribution in [0.3, 0.4) is 0 Å². The molecule has 18 heteroatoms. The van der Waals surface area contributed by atoms with E-state index in [9.17, 15) is 20.4 Å². The van der Waals surface area contributed by atoms with E-state index in [-0.39, 0.29) is 23.1 Å². The molecule has 4 fully saturated rings. The average Bonchev–Trinajstić information content (AvgIpc) is 2.97. The maximum atomic E-state index is 9.77. The van der Waals surface area contributed by atoms with Crippen LogP contribution in [0, 0.1) is 0 Å². The molecule has 6 unspecified atom stereocenters. The van der Waals surface area contributed by atoms with E-state index >= 15 is 0 Å². The highest BCUT2D eigenvalue weighted by Gasteiger charge is 2.35. The first-order valence-corrected chi connectivity index (χ1v) is 25.6. The van der Waals surface area contributed by atoms with Crippen molar-refractivity contribution in [3.8, 4) is 0 Å². The number of hydrogen-bond acceptors (Lipinski definition) is 18. The number of aliphatic hydroxyl groups excluding tert-OH is 6. The van der Waals surface area contributed by atoms with E-state index in [1.165, 1.54) is 59.9 Å². The van der Waals surface area contributed by atoms with Gasteiger partial charge in [0.25, 0.3) is 0 Å². The largest absolute Gasteiger partial charge is 0.391 e. The minimum absolute atomic E-state index is 0.143. The molecule has 0 aromatic heterocycles. The zero-order valence-electron chi connectivity index (χ0n) is 25.4. The third-order valence-electron chi connectivity index (χ3n) is 5.56. The van der Waals surface area contributed by atoms with Crippen molar-refractivity contribution in [1.82, 2.24) is 0 Å². The lowest BCUT2D eigenvalue weighted by Gasteiger charge is -2.35. The maximum Gasteiger partial charge on any atom is 0.116 e. The monoisotopic (exact) mass is 812 g/mol. The second kappa shape index (κ2) is 26.9. The smallest absolute Gasteiger partial charge is 0.116 e. The van der Waals surface area contributed by atoms with Gasteiger partial charge in [-0.3, -0.25) is 0 Å². The summed E-state index contributed by atoms with van der Waals surface area (Å²) in [6, 6.07) is 0. The van der Waals surface area contributed by atoms with Gasteiger partial charge in [0, 0.05) is 57.5 Å². The van der Waals surface area contributed by atoms with Crippen LogP contribution in [0.5, 0.6) is 0 Å². The van der Waals surface area contributed by atoms with Crippen molar-refractivity contribution in [2.45, 2.75) is 71.8 Å². The third-order valence-corrected chi connectivity index (χ3v) is 18.6. The normalized spacial score (nSPS) is 38.3. The van der Waals surface area contributed by atoms with Crippen molar-refractivity contribution in [2.75, 3.05) is 80.5 Å². The minimum atomic E-state index is -0.646. The summed E-state index contributed by atoms with van der Waals surface area (Å²) < 4.78 is 0. The summed E-state index contributed by atoms with van der Waals surface area (Å²) in [4.78, 5) is -1.29. The van der Waals surface area contributed by atoms with Gasteiger partial charge >= 0.3 is 0 Å². The Kier molecular flexibility index (Phi) is 27.6. The van der Waals surface area contributed by atoms with E-state index in [4.69, 9.17) is 20.4 Å². The van der Waals surface area contributed by atoms with Crippen molar-refractivity contribution in [3.63, 3.8) is 0 Å². The lowest BCUT2D eigenvalue weighted by molar-refractivity contribution is 0.0493. The minimum Gasteiger partial charge on any atom is -0.391 e. The van der Waals surface area contributed by atoms with E-state index in [0.29, 0.717) is 34.5 Å². The van der Waals surface area contributed by atoms with Crippen LogP contribution in [0.25, 0.3) is 0 Å². The number of rotatable bonds is 0. The summed E-state index contributed by atoms with van der Waals surface area (Å²) in [6.07, 6.45) is 1.07. The molecule has 0 aromatic rings. The summed E-state index contributed by atoms with van der Waals surface area (Å²) in [5, 5.41) is 73.9. The summed E-state index contributed by atoms with van der Waals surface area (Å²) >= 11 is 13.1. The lowest BCUT2D eigenvalue weighted by atomic mass is 10.3. The van der Waals surface area contributed by atoms with Gasteiger partial charge in [-0.25, -0.2) is 0 Å². The summed E-state index contributed by atoms with van der Waals surface area (Å²) in [5.74, 6) is 11.8. The van der Waals surface area contributed by atoms with Crippen LogP contribution < -0.4 is 0 Å². The molecule has 0 bridgehead atoms. The van der Waals surface area contributed by atoms with Crippen LogP contribution >= 0.6 is 116 Å². The highest BCUT2D eigenvalue weighted by molar-refractivity contribution is 8.76. The van der Waals surface area contributed by atoms with E-state index in [0.717, 1.165) is 46.0 Å². The molecule has 4 heterocycles. The van der Waals surface area contributed by atoms with Crippen LogP contribution in [0.2, 0.25) is 0 Å². The fourth-order valence-corrected chi connectivity index (χ4v) is 13.9. The molecule has 0 radical (unpaired) electrons. The van der Waals surface area contributed by atoms with E-state index in [1.807, 2.05) is 47.0 Å². The zero-order valence-corrected chi connectivity index (χ0v) is 33.6. The highest BCUT2D eigenvalue weighted by Crippen LogP contribution is 2.41. The average molecular weight is 813 g/mol. The Morgan fingerprint density at radius 3 is 1.05 bits per heavy atom. The van der Waals surface area contributed by atoms with Gasteiger partial charge in [0.05, 0.1) is 24.4 Å². The van der Waals surface area contributed by atoms with Gasteiger partial charge in [-0.15, -0.1) is 47.0 Å². The van der Waals surface area contributed by atoms with Crippen molar-refractivity contribution in [2.24, 2.45) is 0 Å². The van der Waals surface area contributed by atoms with Gasteiger partial charge in [0.1, 0.15) is 20.7 Å². The standard InChI is InChI=1S/C12H24O2S4.C6H12O2S2.2C4H8O2S2/c13-11-7-15-3-1-4-16-8-12(14)10-18-6-2-5-17-9-11;1-5(7)3-10-6(2,8)4-9-5;5-3-1-7-4(6)2-8-3;5-3-1-7-8-2-4(3)6/h11-14H,1-10H2;7-8H,3-4H2,1-2H3;2*3-6H,1-2H2. The van der Waals surface area contributed by atoms with Gasteiger partial charge in [-0.05, 0) is 49.7 Å². The first-order valence-electron chi connectivity index (χ1n) is 14.4. The Morgan fingerprint density at radius 1 is 0.477 bits per heavy atom. The Hall–Kier alpha value is 3.18. The van der Waals surface area contributed by atoms with Gasteiger partial charge < -0.3 is 40.9 Å². The van der Waals surface area contributed by atoms with Gasteiger partial charge in [-0.1, -0.05) is 21.6 Å². The molecule has 0 aromatic carbocycles. The van der Waals surface area contributed by atoms with Crippen LogP contribution in [-0.2, 0) is 0 Å². The Morgan fingerprint density at radius 2 is 0.795 bits per heavy atom. The molecule has 264 valence electrons. The third kappa shape index (κ3) is 26.1. The molecule has 0 saturated carbocycles. The van der Waals surface area contributed by atoms with Crippen molar-refractivity contribution in [3.05, 3.63) is 0 Å². The van der Waals surface area contributed by atoms with Gasteiger partial charge in [0.2, 0.25) is 0 Å². The number of thioether (sulfide) groups is 8. The molecule has 4 saturated heterocycles. The first-order chi connectivity index (χ1) is 20.8. The Bertz CT molecular complexity index is 611. The predicted molar refractivity (Wildman–Crippen MR) is 211 cm³/mol. The van der Waals surface area contributed by atoms with Gasteiger partial charge in [-0.2, -0.15) is 47.0 Å². The fourth-order valence-electron chi connectivity index (χ4n) is 3.10. The molecule has 6 atom stereocenters. The molecule has 0 amide bonds. The summed E-state index contributed by atoms with van der Waals surface area (Å²) in [7, 11) is 3.23. The molecule has 0 aliphatic carbocycles. The molecule has 44 heavy (non-hydrogen) atoms. The molecular weight excluding hydrogens is 761 g/mol. The second-order valence-corrected chi connectivity index (χ2v) is 23.0. The summed E-state index contributed by atoms with van der Waals surface area (Å²) in [6.45, 7) is 3.56. The highest BCUT2D eigenvalue weighted by atomic mass is 33.1. The van der Waals surface area contributed by atoms with Crippen molar-refractivity contribution >= 4 is 116 Å². The van der Waals surface area contributed by atoms with Crippen molar-refractivity contribution in [1.29, 1.82) is 0 Å². The van der Waals surface area contributed by atoms with Crippen LogP contribution in [0.1, 0.15) is 26.7 Å². The molecule has 0 spiro atoms. The first kappa shape index (κ1) is 45.2. The lowest BCUT2D eigenvalue weighted by Crippen LogP contribution is -2.37. The van der Waals surface area contributed by atoms with Crippen molar-refractivity contribution < 1.29 is 40.9 Å². The van der Waals surface area contributed by atoms with E-state index in [1.54, 1.807) is 35.4 Å². The van der Waals surface area contributed by atoms with E-state index < -0.39 is 22.1 Å². The molecule has 8 N–H and O–H groups in total. The SMILES string of the molecule is CC1(O)CSC(C)(O)CS1.OC1CSC(O)CS1.OC1CSCCCSCC(O)CSCCCSC1.OC1CSSCC1O. The number of hydrogen-bond donors (Lipinski definition) is 8. The summed E-state index contributed by atoms with van der Waals surface area (Å²) in [5.41, 5.74) is -0.521. The molecule has 4 rings (SSSR count). The van der Waals surface area contributed by atoms with Crippen LogP contribution in [0.4, 0.5) is 0 Å². The predicted octanol–water partition coefficient (Wildman–Crippen LogP) is 3.52. The maximum absolute atomic E-state index is 9.77. The molecular formula is C26H52O8S10. The zero-order chi connectivity index (χ0) is 32.8. The van der Waals surface area contributed by atoms with Gasteiger partial charge in [0.15, 0.2) is 0 Å². The van der Waals surface area contributed by atoms with E-state index in [2.05, 4.69) is 0 Å². The Balaban J connectivity index is 0.000000315. The Labute approximate surface area is 306 Å². The molecule has 4 aliphatic heterocycles. The molecule has 4 aliphatic rings. The van der Waals surface area contributed by atoms with Crippen LogP contribution in [-0.4, -0.2) is 167 Å². The quantitative estimate of drug-likeness (QED) is 0.168. The molecule has 8 nitrogen and oxygen atoms in total. The topological polar surface area (TPSA) is 162 Å². The fraction of sp³-hybridized carbons (Fsp3) is 1.00. The van der Waals surface area contributed by atoms with Crippen LogP contribution in [0.15, 0.2) is 0 Å².